The molecule has 0 aromatic heterocycles. The molecule has 0 aliphatic rings. The van der Waals surface area contributed by atoms with Crippen molar-refractivity contribution in [2.75, 3.05) is 31.9 Å². The quantitative estimate of drug-likeness (QED) is 0.238. The third kappa shape index (κ3) is 15.5. The third-order valence-electron chi connectivity index (χ3n) is 3.32. The molecular formula is C18H34NO3S+. The number of hydrogen-bond acceptors (Lipinski definition) is 2. The van der Waals surface area contributed by atoms with Gasteiger partial charge in [-0.05, 0) is 30.7 Å². The van der Waals surface area contributed by atoms with Crippen LogP contribution in [0.25, 0.3) is 0 Å². The molecule has 0 radical (unpaired) electrons. The Balaban J connectivity index is 0. The normalized spacial score (nSPS) is 11.0. The van der Waals surface area contributed by atoms with Crippen LogP contribution in [-0.4, -0.2) is 49.4 Å². The molecule has 23 heavy (non-hydrogen) atoms. The van der Waals surface area contributed by atoms with Crippen molar-refractivity contribution in [3.63, 3.8) is 0 Å². The lowest BCUT2D eigenvalue weighted by molar-refractivity contribution is -0.906. The van der Waals surface area contributed by atoms with E-state index in [4.69, 9.17) is 4.55 Å². The zero-order valence-corrected chi connectivity index (χ0v) is 15.4. The van der Waals surface area contributed by atoms with E-state index >= 15 is 0 Å². The molecule has 0 saturated carbocycles. The Morgan fingerprint density at radius 3 is 1.48 bits per heavy atom. The summed E-state index contributed by atoms with van der Waals surface area (Å²) in [5, 5.41) is 0. The van der Waals surface area contributed by atoms with Gasteiger partial charge in [0.15, 0.2) is 0 Å². The van der Waals surface area contributed by atoms with Gasteiger partial charge in [0.25, 0.3) is 10.1 Å². The van der Waals surface area contributed by atoms with Crippen molar-refractivity contribution in [3.8, 4) is 0 Å². The number of nitrogens with zero attached hydrogens (tertiary/aromatic N) is 1. The number of unbranched alkanes of at least 4 members (excludes halogenated alkanes) is 3. The molecule has 0 heterocycles. The van der Waals surface area contributed by atoms with Crippen LogP contribution in [-0.2, 0) is 10.1 Å². The van der Waals surface area contributed by atoms with Crippen molar-refractivity contribution in [3.05, 3.63) is 50.6 Å². The van der Waals surface area contributed by atoms with Gasteiger partial charge in [-0.1, -0.05) is 52.5 Å². The van der Waals surface area contributed by atoms with Crippen LogP contribution in [0.2, 0.25) is 0 Å². The summed E-state index contributed by atoms with van der Waals surface area (Å²) in [7, 11) is -3.70. The average Bonchev–Trinajstić information content (AvgIpc) is 2.44. The molecule has 0 bridgehead atoms. The third-order valence-corrected chi connectivity index (χ3v) is 4.13. The van der Waals surface area contributed by atoms with Crippen LogP contribution in [0.15, 0.2) is 50.6 Å². The van der Waals surface area contributed by atoms with Crippen LogP contribution in [0.5, 0.6) is 0 Å². The monoisotopic (exact) mass is 344 g/mol. The molecule has 0 rings (SSSR count). The molecule has 0 fully saturated rings. The van der Waals surface area contributed by atoms with Gasteiger partial charge in [0.1, 0.15) is 0 Å². The van der Waals surface area contributed by atoms with Gasteiger partial charge in [0.05, 0.1) is 31.9 Å². The molecule has 0 aliphatic heterocycles. The van der Waals surface area contributed by atoms with E-state index in [2.05, 4.69) is 26.3 Å². The first-order valence-electron chi connectivity index (χ1n) is 8.04. The van der Waals surface area contributed by atoms with E-state index in [1.54, 1.807) is 0 Å². The number of rotatable bonds is 13. The van der Waals surface area contributed by atoms with E-state index in [1.807, 2.05) is 31.2 Å². The highest BCUT2D eigenvalue weighted by Gasteiger charge is 2.20. The van der Waals surface area contributed by atoms with E-state index in [0.717, 1.165) is 49.9 Å². The summed E-state index contributed by atoms with van der Waals surface area (Å²) >= 11 is 0. The number of hydrogen-bond donors (Lipinski definition) is 1. The van der Waals surface area contributed by atoms with E-state index in [9.17, 15) is 8.42 Å². The van der Waals surface area contributed by atoms with Crippen LogP contribution in [0.3, 0.4) is 0 Å². The van der Waals surface area contributed by atoms with Crippen molar-refractivity contribution in [1.82, 2.24) is 0 Å². The molecule has 0 amide bonds. The minimum atomic E-state index is -3.70. The molecule has 0 spiro atoms. The minimum absolute atomic E-state index is 0.0903. The highest BCUT2D eigenvalue weighted by Crippen LogP contribution is 2.07. The zero-order chi connectivity index (χ0) is 18.2. The Kier molecular flexibility index (Phi) is 15.1. The molecular weight excluding hydrogens is 310 g/mol. The SMILES string of the molecule is C=CC[N+](CC=C)(CC=C)CC=C.CCCCCCS(=O)(=O)O. The van der Waals surface area contributed by atoms with Gasteiger partial charge in [-0.15, -0.1) is 0 Å². The van der Waals surface area contributed by atoms with E-state index in [0.29, 0.717) is 6.42 Å². The van der Waals surface area contributed by atoms with E-state index in [1.165, 1.54) is 0 Å². The summed E-state index contributed by atoms with van der Waals surface area (Å²) in [6.45, 7) is 20.9. The fraction of sp³-hybridized carbons (Fsp3) is 0.556. The fourth-order valence-electron chi connectivity index (χ4n) is 2.25. The topological polar surface area (TPSA) is 54.4 Å². The fourth-order valence-corrected chi connectivity index (χ4v) is 2.82. The van der Waals surface area contributed by atoms with Crippen LogP contribution in [0, 0.1) is 0 Å². The second-order valence-electron chi connectivity index (χ2n) is 5.57. The molecule has 0 unspecified atom stereocenters. The maximum Gasteiger partial charge on any atom is 0.264 e. The number of quaternary nitrogens is 1. The molecule has 0 saturated heterocycles. The van der Waals surface area contributed by atoms with E-state index in [-0.39, 0.29) is 5.75 Å². The maximum atomic E-state index is 10.1. The highest BCUT2D eigenvalue weighted by atomic mass is 32.2. The summed E-state index contributed by atoms with van der Waals surface area (Å²) in [5.74, 6) is -0.0903. The molecule has 5 heteroatoms. The summed E-state index contributed by atoms with van der Waals surface area (Å²) in [6, 6.07) is 0. The Bertz CT molecular complexity index is 396. The van der Waals surface area contributed by atoms with Crippen molar-refractivity contribution in [1.29, 1.82) is 0 Å². The van der Waals surface area contributed by atoms with Gasteiger partial charge in [0.2, 0.25) is 0 Å². The molecule has 0 aliphatic carbocycles. The first-order chi connectivity index (χ1) is 10.8. The Morgan fingerprint density at radius 2 is 1.22 bits per heavy atom. The van der Waals surface area contributed by atoms with Crippen LogP contribution >= 0.6 is 0 Å². The van der Waals surface area contributed by atoms with Crippen molar-refractivity contribution in [2.45, 2.75) is 32.6 Å². The summed E-state index contributed by atoms with van der Waals surface area (Å²) < 4.78 is 29.5. The largest absolute Gasteiger partial charge is 0.311 e. The minimum Gasteiger partial charge on any atom is -0.311 e. The van der Waals surface area contributed by atoms with Gasteiger partial charge in [0, 0.05) is 0 Å². The second-order valence-corrected chi connectivity index (χ2v) is 7.15. The Morgan fingerprint density at radius 1 is 0.826 bits per heavy atom. The molecule has 4 nitrogen and oxygen atoms in total. The molecule has 0 atom stereocenters. The second kappa shape index (κ2) is 14.4. The first kappa shape index (κ1) is 24.1. The lowest BCUT2D eigenvalue weighted by atomic mass is 10.2. The van der Waals surface area contributed by atoms with Crippen molar-refractivity contribution < 1.29 is 17.5 Å². The van der Waals surface area contributed by atoms with Gasteiger partial charge < -0.3 is 4.48 Å². The predicted molar refractivity (Wildman–Crippen MR) is 101 cm³/mol. The first-order valence-corrected chi connectivity index (χ1v) is 9.65. The van der Waals surface area contributed by atoms with Crippen LogP contribution < -0.4 is 0 Å². The van der Waals surface area contributed by atoms with Crippen molar-refractivity contribution >= 4 is 10.1 Å². The summed E-state index contributed by atoms with van der Waals surface area (Å²) in [4.78, 5) is 0. The predicted octanol–water partition coefficient (Wildman–Crippen LogP) is 4.00. The van der Waals surface area contributed by atoms with E-state index < -0.39 is 10.1 Å². The Labute approximate surface area is 143 Å². The van der Waals surface area contributed by atoms with Crippen LogP contribution in [0.4, 0.5) is 0 Å². The Hall–Kier alpha value is -1.17. The summed E-state index contributed by atoms with van der Waals surface area (Å²) in [5.41, 5.74) is 0. The molecule has 0 aromatic rings. The van der Waals surface area contributed by atoms with Crippen LogP contribution in [0.1, 0.15) is 32.6 Å². The standard InChI is InChI=1S/C12H20N.C6H14O3S/c1-5-9-13(10-6-2,11-7-3)12-8-4;1-2-3-4-5-6-10(7,8)9/h5-8H,1-4,9-12H2;2-6H2,1H3,(H,7,8,9)/q+1;. The van der Waals surface area contributed by atoms with Gasteiger partial charge >= 0.3 is 0 Å². The lowest BCUT2D eigenvalue weighted by Gasteiger charge is -2.35. The summed E-state index contributed by atoms with van der Waals surface area (Å²) in [6.07, 6.45) is 11.3. The van der Waals surface area contributed by atoms with Gasteiger partial charge in [-0.3, -0.25) is 4.55 Å². The molecule has 134 valence electrons. The van der Waals surface area contributed by atoms with Gasteiger partial charge in [-0.2, -0.15) is 8.42 Å². The molecule has 1 N–H and O–H groups in total. The molecule has 0 aromatic carbocycles. The highest BCUT2D eigenvalue weighted by molar-refractivity contribution is 7.85. The zero-order valence-electron chi connectivity index (χ0n) is 14.6. The maximum absolute atomic E-state index is 10.1. The van der Waals surface area contributed by atoms with Gasteiger partial charge in [-0.25, -0.2) is 0 Å². The average molecular weight is 345 g/mol. The van der Waals surface area contributed by atoms with Crippen molar-refractivity contribution in [2.24, 2.45) is 0 Å². The lowest BCUT2D eigenvalue weighted by Crippen LogP contribution is -2.48. The smallest absolute Gasteiger partial charge is 0.264 e.